The lowest BCUT2D eigenvalue weighted by atomic mass is 10.1. The lowest BCUT2D eigenvalue weighted by Crippen LogP contribution is -2.34. The van der Waals surface area contributed by atoms with Gasteiger partial charge < -0.3 is 10.8 Å². The molecule has 0 saturated heterocycles. The Hall–Kier alpha value is -2.06. The average molecular weight is 251 g/mol. The fourth-order valence-corrected chi connectivity index (χ4v) is 1.10. The van der Waals surface area contributed by atoms with E-state index in [0.717, 1.165) is 12.3 Å². The minimum atomic E-state index is -4.88. The van der Waals surface area contributed by atoms with Crippen LogP contribution in [-0.4, -0.2) is 32.9 Å². The molecule has 0 aliphatic rings. The number of aromatic nitrogens is 2. The Morgan fingerprint density at radius 1 is 1.53 bits per heavy atom. The molecule has 1 amide bonds. The third-order valence-corrected chi connectivity index (χ3v) is 1.96. The number of carboxylic acids is 1. The predicted molar refractivity (Wildman–Crippen MR) is 47.9 cm³/mol. The summed E-state index contributed by atoms with van der Waals surface area (Å²) >= 11 is 0. The smallest absolute Gasteiger partial charge is 0.404 e. The normalized spacial score (nSPS) is 13.4. The van der Waals surface area contributed by atoms with Crippen LogP contribution in [0.2, 0.25) is 0 Å². The number of aliphatic carboxylic acids is 1. The first-order valence-corrected chi connectivity index (χ1v) is 4.34. The Morgan fingerprint density at radius 2 is 2.12 bits per heavy atom. The summed E-state index contributed by atoms with van der Waals surface area (Å²) in [4.78, 5) is 21.1. The molecule has 0 aromatic carbocycles. The number of hydrogen-bond acceptors (Lipinski definition) is 3. The van der Waals surface area contributed by atoms with Crippen molar-refractivity contribution in [2.24, 2.45) is 11.7 Å². The van der Waals surface area contributed by atoms with Crippen LogP contribution in [0.25, 0.3) is 0 Å². The lowest BCUT2D eigenvalue weighted by molar-refractivity contribution is -0.196. The van der Waals surface area contributed by atoms with E-state index < -0.39 is 30.5 Å². The number of primary amides is 1. The lowest BCUT2D eigenvalue weighted by Gasteiger charge is -2.15. The van der Waals surface area contributed by atoms with Crippen LogP contribution in [0.5, 0.6) is 0 Å². The molecule has 0 aliphatic heterocycles. The van der Waals surface area contributed by atoms with E-state index in [9.17, 15) is 22.8 Å². The molecule has 0 bridgehead atoms. The number of hydrogen-bond donors (Lipinski definition) is 2. The number of halogens is 3. The van der Waals surface area contributed by atoms with Crippen molar-refractivity contribution < 1.29 is 27.9 Å². The molecule has 0 radical (unpaired) electrons. The van der Waals surface area contributed by atoms with Gasteiger partial charge in [-0.3, -0.25) is 14.3 Å². The van der Waals surface area contributed by atoms with E-state index in [2.05, 4.69) is 5.10 Å². The highest BCUT2D eigenvalue weighted by Crippen LogP contribution is 2.27. The summed E-state index contributed by atoms with van der Waals surface area (Å²) < 4.78 is 37.6. The molecule has 1 aromatic heterocycles. The van der Waals surface area contributed by atoms with Crippen molar-refractivity contribution in [2.75, 3.05) is 0 Å². The monoisotopic (exact) mass is 251 g/mol. The van der Waals surface area contributed by atoms with Crippen molar-refractivity contribution in [3.05, 3.63) is 18.0 Å². The van der Waals surface area contributed by atoms with Crippen molar-refractivity contribution >= 4 is 11.9 Å². The summed E-state index contributed by atoms with van der Waals surface area (Å²) in [5, 5.41) is 11.9. The summed E-state index contributed by atoms with van der Waals surface area (Å²) in [5.74, 6) is -5.49. The van der Waals surface area contributed by atoms with E-state index in [1.165, 1.54) is 0 Å². The number of nitrogens with zero attached hydrogens (tertiary/aromatic N) is 2. The number of amides is 1. The third kappa shape index (κ3) is 3.20. The van der Waals surface area contributed by atoms with Crippen LogP contribution in [0.3, 0.4) is 0 Å². The Bertz CT molecular complexity index is 441. The molecule has 1 heterocycles. The standard InChI is InChI=1S/C8H8F3N3O3/c9-8(10,11)4(7(16)17)3-14-2-1-5(13-14)6(12)15/h1-2,4H,3H2,(H2,12,15)(H,16,17). The van der Waals surface area contributed by atoms with Gasteiger partial charge >= 0.3 is 12.1 Å². The molecular formula is C8H8F3N3O3. The van der Waals surface area contributed by atoms with Gasteiger partial charge in [0, 0.05) is 6.20 Å². The number of carboxylic acid groups (broad SMARTS) is 1. The van der Waals surface area contributed by atoms with Gasteiger partial charge in [0.15, 0.2) is 5.92 Å². The van der Waals surface area contributed by atoms with Crippen molar-refractivity contribution in [1.29, 1.82) is 0 Å². The quantitative estimate of drug-likeness (QED) is 0.801. The van der Waals surface area contributed by atoms with Crippen LogP contribution in [0.15, 0.2) is 12.3 Å². The molecule has 0 spiro atoms. The van der Waals surface area contributed by atoms with Crippen molar-refractivity contribution in [2.45, 2.75) is 12.7 Å². The van der Waals surface area contributed by atoms with Crippen LogP contribution < -0.4 is 5.73 Å². The first-order chi connectivity index (χ1) is 7.71. The maximum absolute atomic E-state index is 12.3. The van der Waals surface area contributed by atoms with Crippen molar-refractivity contribution in [1.82, 2.24) is 9.78 Å². The third-order valence-electron chi connectivity index (χ3n) is 1.96. The van der Waals surface area contributed by atoms with Gasteiger partial charge in [-0.05, 0) is 6.07 Å². The minimum Gasteiger partial charge on any atom is -0.481 e. The second-order valence-electron chi connectivity index (χ2n) is 3.22. The maximum atomic E-state index is 12.3. The molecule has 1 atom stereocenters. The van der Waals surface area contributed by atoms with Gasteiger partial charge in [0.1, 0.15) is 5.69 Å². The molecule has 6 nitrogen and oxygen atoms in total. The van der Waals surface area contributed by atoms with E-state index in [4.69, 9.17) is 10.8 Å². The second kappa shape index (κ2) is 4.44. The molecule has 9 heteroatoms. The topological polar surface area (TPSA) is 98.2 Å². The molecule has 0 aliphatic carbocycles. The Balaban J connectivity index is 2.87. The fraction of sp³-hybridized carbons (Fsp3) is 0.375. The van der Waals surface area contributed by atoms with Gasteiger partial charge in [0.25, 0.3) is 5.91 Å². The molecule has 17 heavy (non-hydrogen) atoms. The van der Waals surface area contributed by atoms with Gasteiger partial charge in [-0.2, -0.15) is 18.3 Å². The van der Waals surface area contributed by atoms with Gasteiger partial charge in [-0.15, -0.1) is 0 Å². The Morgan fingerprint density at radius 3 is 2.47 bits per heavy atom. The van der Waals surface area contributed by atoms with Crippen LogP contribution in [0, 0.1) is 5.92 Å². The molecule has 1 rings (SSSR count). The van der Waals surface area contributed by atoms with E-state index in [-0.39, 0.29) is 5.69 Å². The first kappa shape index (κ1) is 13.0. The number of alkyl halides is 3. The Kier molecular flexibility index (Phi) is 3.39. The molecule has 0 fully saturated rings. The maximum Gasteiger partial charge on any atom is 0.404 e. The summed E-state index contributed by atoms with van der Waals surface area (Å²) in [6.07, 6.45) is -3.83. The summed E-state index contributed by atoms with van der Waals surface area (Å²) in [6.45, 7) is -0.911. The minimum absolute atomic E-state index is 0.226. The van der Waals surface area contributed by atoms with Crippen molar-refractivity contribution in [3.8, 4) is 0 Å². The van der Waals surface area contributed by atoms with Crippen molar-refractivity contribution in [3.63, 3.8) is 0 Å². The SMILES string of the molecule is NC(=O)c1ccn(CC(C(=O)O)C(F)(F)F)n1. The fourth-order valence-electron chi connectivity index (χ4n) is 1.10. The zero-order valence-electron chi connectivity index (χ0n) is 8.31. The molecule has 1 unspecified atom stereocenters. The highest BCUT2D eigenvalue weighted by Gasteiger charge is 2.45. The number of carbonyl (C=O) groups excluding carboxylic acids is 1. The van der Waals surface area contributed by atoms with Gasteiger partial charge in [0.2, 0.25) is 0 Å². The molecule has 0 saturated carbocycles. The van der Waals surface area contributed by atoms with E-state index in [0.29, 0.717) is 4.68 Å². The van der Waals surface area contributed by atoms with Crippen LogP contribution in [-0.2, 0) is 11.3 Å². The molecule has 1 aromatic rings. The molecule has 94 valence electrons. The van der Waals surface area contributed by atoms with Crippen LogP contribution >= 0.6 is 0 Å². The van der Waals surface area contributed by atoms with E-state index >= 15 is 0 Å². The van der Waals surface area contributed by atoms with Gasteiger partial charge in [-0.25, -0.2) is 0 Å². The van der Waals surface area contributed by atoms with Gasteiger partial charge in [-0.1, -0.05) is 0 Å². The Labute approximate surface area is 92.8 Å². The number of carbonyl (C=O) groups is 2. The van der Waals surface area contributed by atoms with Crippen LogP contribution in [0.4, 0.5) is 13.2 Å². The highest BCUT2D eigenvalue weighted by atomic mass is 19.4. The highest BCUT2D eigenvalue weighted by molar-refractivity contribution is 5.90. The summed E-state index contributed by atoms with van der Waals surface area (Å²) in [7, 11) is 0. The number of rotatable bonds is 4. The first-order valence-electron chi connectivity index (χ1n) is 4.34. The summed E-state index contributed by atoms with van der Waals surface area (Å²) in [6, 6.07) is 1.11. The molecular weight excluding hydrogens is 243 g/mol. The van der Waals surface area contributed by atoms with Crippen LogP contribution in [0.1, 0.15) is 10.5 Å². The zero-order chi connectivity index (χ0) is 13.2. The number of nitrogens with two attached hydrogens (primary N) is 1. The van der Waals surface area contributed by atoms with E-state index in [1.54, 1.807) is 0 Å². The largest absolute Gasteiger partial charge is 0.481 e. The average Bonchev–Trinajstić information content (AvgIpc) is 2.59. The van der Waals surface area contributed by atoms with E-state index in [1.807, 2.05) is 0 Å². The second-order valence-corrected chi connectivity index (χ2v) is 3.22. The molecule has 3 N–H and O–H groups in total. The summed E-state index contributed by atoms with van der Waals surface area (Å²) in [5.41, 5.74) is 4.62. The zero-order valence-corrected chi connectivity index (χ0v) is 8.31. The predicted octanol–water partition coefficient (Wildman–Crippen LogP) is 0.245. The van der Waals surface area contributed by atoms with Gasteiger partial charge in [0.05, 0.1) is 6.54 Å².